The van der Waals surface area contributed by atoms with E-state index in [2.05, 4.69) is 37.3 Å². The first-order valence-electron chi connectivity index (χ1n) is 5.96. The number of esters is 1. The molecule has 0 aromatic carbocycles. The fraction of sp³-hybridized carbons (Fsp3) is 0.917. The highest BCUT2D eigenvalue weighted by Crippen LogP contribution is 2.06. The predicted octanol–water partition coefficient (Wildman–Crippen LogP) is 1.24. The van der Waals surface area contributed by atoms with Gasteiger partial charge in [0.2, 0.25) is 0 Å². The Morgan fingerprint density at radius 1 is 1.31 bits per heavy atom. The van der Waals surface area contributed by atoms with Crippen molar-refractivity contribution in [3.05, 3.63) is 0 Å². The molecule has 1 unspecified atom stereocenters. The average Bonchev–Trinajstić information content (AvgIpc) is 2.21. The molecule has 0 bridgehead atoms. The van der Waals surface area contributed by atoms with Crippen LogP contribution in [0, 0.1) is 5.92 Å². The summed E-state index contributed by atoms with van der Waals surface area (Å²) in [7, 11) is 1.37. The Morgan fingerprint density at radius 2 is 1.88 bits per heavy atom. The van der Waals surface area contributed by atoms with Gasteiger partial charge >= 0.3 is 5.97 Å². The zero-order valence-electron chi connectivity index (χ0n) is 11.2. The Balaban J connectivity index is 4.06. The van der Waals surface area contributed by atoms with Crippen LogP contribution >= 0.6 is 0 Å². The van der Waals surface area contributed by atoms with Crippen LogP contribution in [0.2, 0.25) is 0 Å². The quantitative estimate of drug-likeness (QED) is 0.669. The molecule has 0 aromatic rings. The fourth-order valence-electron chi connectivity index (χ4n) is 1.60. The number of hydrogen-bond donors (Lipinski definition) is 1. The second kappa shape index (κ2) is 7.63. The molecular formula is C12H26N2O2. The summed E-state index contributed by atoms with van der Waals surface area (Å²) in [4.78, 5) is 13.5. The lowest BCUT2D eigenvalue weighted by Crippen LogP contribution is -2.40. The predicted molar refractivity (Wildman–Crippen MR) is 66.2 cm³/mol. The molecule has 2 N–H and O–H groups in total. The third kappa shape index (κ3) is 6.08. The van der Waals surface area contributed by atoms with Crippen LogP contribution in [0.15, 0.2) is 0 Å². The summed E-state index contributed by atoms with van der Waals surface area (Å²) in [6.45, 7) is 10.6. The zero-order chi connectivity index (χ0) is 12.7. The second-order valence-corrected chi connectivity index (χ2v) is 4.90. The topological polar surface area (TPSA) is 55.6 Å². The lowest BCUT2D eigenvalue weighted by atomic mass is 10.1. The molecule has 0 aliphatic carbocycles. The standard InChI is InChI=1S/C12H26N2O2/c1-9(2)8-14(10(3)4)7-6-11(13)12(15)16-5/h9-11H,6-8,13H2,1-5H3. The van der Waals surface area contributed by atoms with Crippen LogP contribution in [-0.4, -0.2) is 43.2 Å². The molecule has 0 aromatic heterocycles. The summed E-state index contributed by atoms with van der Waals surface area (Å²) >= 11 is 0. The van der Waals surface area contributed by atoms with Gasteiger partial charge in [0.15, 0.2) is 0 Å². The average molecular weight is 230 g/mol. The van der Waals surface area contributed by atoms with Crippen molar-refractivity contribution in [2.75, 3.05) is 20.2 Å². The van der Waals surface area contributed by atoms with Crippen LogP contribution in [0.5, 0.6) is 0 Å². The Kier molecular flexibility index (Phi) is 7.34. The number of carbonyl (C=O) groups is 1. The monoisotopic (exact) mass is 230 g/mol. The van der Waals surface area contributed by atoms with Gasteiger partial charge in [-0.1, -0.05) is 13.8 Å². The zero-order valence-corrected chi connectivity index (χ0v) is 11.2. The van der Waals surface area contributed by atoms with Gasteiger partial charge in [-0.3, -0.25) is 4.79 Å². The minimum absolute atomic E-state index is 0.326. The molecule has 0 fully saturated rings. The SMILES string of the molecule is COC(=O)C(N)CCN(CC(C)C)C(C)C. The van der Waals surface area contributed by atoms with Crippen molar-refractivity contribution in [2.24, 2.45) is 11.7 Å². The van der Waals surface area contributed by atoms with Crippen molar-refractivity contribution < 1.29 is 9.53 Å². The molecule has 4 heteroatoms. The molecule has 0 heterocycles. The number of methoxy groups -OCH3 is 1. The van der Waals surface area contributed by atoms with Gasteiger partial charge in [0.25, 0.3) is 0 Å². The molecule has 96 valence electrons. The maximum absolute atomic E-state index is 11.2. The van der Waals surface area contributed by atoms with Gasteiger partial charge in [0.1, 0.15) is 6.04 Å². The van der Waals surface area contributed by atoms with Crippen LogP contribution in [0.4, 0.5) is 0 Å². The third-order valence-electron chi connectivity index (χ3n) is 2.56. The molecule has 0 aliphatic rings. The van der Waals surface area contributed by atoms with E-state index in [1.807, 2.05) is 0 Å². The van der Waals surface area contributed by atoms with Gasteiger partial charge in [0.05, 0.1) is 7.11 Å². The van der Waals surface area contributed by atoms with E-state index in [9.17, 15) is 4.79 Å². The molecule has 16 heavy (non-hydrogen) atoms. The third-order valence-corrected chi connectivity index (χ3v) is 2.56. The van der Waals surface area contributed by atoms with E-state index in [1.54, 1.807) is 0 Å². The maximum Gasteiger partial charge on any atom is 0.322 e. The number of rotatable bonds is 7. The molecule has 4 nitrogen and oxygen atoms in total. The van der Waals surface area contributed by atoms with Crippen LogP contribution < -0.4 is 5.73 Å². The second-order valence-electron chi connectivity index (χ2n) is 4.90. The molecule has 0 spiro atoms. The number of nitrogens with zero attached hydrogens (tertiary/aromatic N) is 1. The Bertz CT molecular complexity index is 205. The lowest BCUT2D eigenvalue weighted by Gasteiger charge is -2.28. The van der Waals surface area contributed by atoms with Gasteiger partial charge in [-0.25, -0.2) is 0 Å². The molecular weight excluding hydrogens is 204 g/mol. The highest BCUT2D eigenvalue weighted by molar-refractivity contribution is 5.75. The summed E-state index contributed by atoms with van der Waals surface area (Å²) in [5.74, 6) is 0.296. The van der Waals surface area contributed by atoms with Crippen molar-refractivity contribution in [2.45, 2.75) is 46.2 Å². The van der Waals surface area contributed by atoms with Gasteiger partial charge < -0.3 is 15.4 Å². The largest absolute Gasteiger partial charge is 0.468 e. The van der Waals surface area contributed by atoms with Gasteiger partial charge in [-0.2, -0.15) is 0 Å². The van der Waals surface area contributed by atoms with Crippen LogP contribution in [0.1, 0.15) is 34.1 Å². The summed E-state index contributed by atoms with van der Waals surface area (Å²) in [5, 5.41) is 0. The summed E-state index contributed by atoms with van der Waals surface area (Å²) < 4.78 is 4.60. The minimum Gasteiger partial charge on any atom is -0.468 e. The first kappa shape index (κ1) is 15.4. The molecule has 0 saturated carbocycles. The summed E-state index contributed by atoms with van der Waals surface area (Å²) in [6.07, 6.45) is 0.650. The van der Waals surface area contributed by atoms with E-state index in [-0.39, 0.29) is 5.97 Å². The number of hydrogen-bond acceptors (Lipinski definition) is 4. The van der Waals surface area contributed by atoms with Crippen molar-refractivity contribution >= 4 is 5.97 Å². The van der Waals surface area contributed by atoms with Crippen molar-refractivity contribution in [3.63, 3.8) is 0 Å². The van der Waals surface area contributed by atoms with Gasteiger partial charge in [-0.15, -0.1) is 0 Å². The first-order valence-corrected chi connectivity index (χ1v) is 5.96. The molecule has 0 saturated heterocycles. The van der Waals surface area contributed by atoms with Crippen molar-refractivity contribution in [1.82, 2.24) is 4.90 Å². The van der Waals surface area contributed by atoms with Crippen LogP contribution in [-0.2, 0) is 9.53 Å². The normalized spacial score (nSPS) is 13.6. The lowest BCUT2D eigenvalue weighted by molar-refractivity contribution is -0.142. The van der Waals surface area contributed by atoms with E-state index >= 15 is 0 Å². The van der Waals surface area contributed by atoms with Crippen molar-refractivity contribution in [1.29, 1.82) is 0 Å². The molecule has 0 amide bonds. The van der Waals surface area contributed by atoms with Gasteiger partial charge in [0, 0.05) is 19.1 Å². The van der Waals surface area contributed by atoms with Gasteiger partial charge in [-0.05, 0) is 26.2 Å². The van der Waals surface area contributed by atoms with Crippen LogP contribution in [0.25, 0.3) is 0 Å². The maximum atomic E-state index is 11.2. The van der Waals surface area contributed by atoms with E-state index in [4.69, 9.17) is 5.73 Å². The van der Waals surface area contributed by atoms with E-state index < -0.39 is 6.04 Å². The number of carbonyl (C=O) groups excluding carboxylic acids is 1. The smallest absolute Gasteiger partial charge is 0.322 e. The summed E-state index contributed by atoms with van der Waals surface area (Å²) in [5.41, 5.74) is 5.71. The Labute approximate surface area is 99.1 Å². The fourth-order valence-corrected chi connectivity index (χ4v) is 1.60. The summed E-state index contributed by atoms with van der Waals surface area (Å²) in [6, 6.07) is -0.0225. The number of nitrogens with two attached hydrogens (primary N) is 1. The molecule has 0 rings (SSSR count). The molecule has 0 radical (unpaired) electrons. The van der Waals surface area contributed by atoms with Crippen LogP contribution in [0.3, 0.4) is 0 Å². The number of ether oxygens (including phenoxy) is 1. The Hall–Kier alpha value is -0.610. The van der Waals surface area contributed by atoms with E-state index in [0.29, 0.717) is 18.4 Å². The molecule has 1 atom stereocenters. The minimum atomic E-state index is -0.501. The highest BCUT2D eigenvalue weighted by Gasteiger charge is 2.17. The highest BCUT2D eigenvalue weighted by atomic mass is 16.5. The van der Waals surface area contributed by atoms with E-state index in [1.165, 1.54) is 7.11 Å². The first-order chi connectivity index (χ1) is 7.38. The van der Waals surface area contributed by atoms with Crippen molar-refractivity contribution in [3.8, 4) is 0 Å². The molecule has 0 aliphatic heterocycles. The Morgan fingerprint density at radius 3 is 2.25 bits per heavy atom. The van der Waals surface area contributed by atoms with E-state index in [0.717, 1.165) is 13.1 Å².